The van der Waals surface area contributed by atoms with Gasteiger partial charge in [0.25, 0.3) is 0 Å². The van der Waals surface area contributed by atoms with Gasteiger partial charge in [0.1, 0.15) is 0 Å². The van der Waals surface area contributed by atoms with Crippen molar-refractivity contribution < 1.29 is 9.59 Å². The van der Waals surface area contributed by atoms with Gasteiger partial charge in [-0.2, -0.15) is 0 Å². The van der Waals surface area contributed by atoms with E-state index in [2.05, 4.69) is 0 Å². The van der Waals surface area contributed by atoms with Crippen molar-refractivity contribution in [1.82, 2.24) is 4.90 Å². The van der Waals surface area contributed by atoms with Crippen molar-refractivity contribution in [3.63, 3.8) is 0 Å². The minimum absolute atomic E-state index is 0.110. The number of hydrogen-bond donors (Lipinski definition) is 1. The van der Waals surface area contributed by atoms with Crippen LogP contribution in [0.3, 0.4) is 0 Å². The fourth-order valence-corrected chi connectivity index (χ4v) is 1.44. The molecule has 0 aromatic carbocycles. The molecule has 1 rings (SSSR count). The number of rotatable bonds is 2. The Morgan fingerprint density at radius 3 is 2.67 bits per heavy atom. The zero-order valence-electron chi connectivity index (χ0n) is 7.25. The molecule has 0 bridgehead atoms. The molecule has 0 saturated carbocycles. The standard InChI is InChI=1S/C8H14N2O2/c1-2-7(11)10-4-3-6(5-10)8(9)12/h6H,2-5H2,1H3,(H2,9,12). The van der Waals surface area contributed by atoms with E-state index in [4.69, 9.17) is 5.73 Å². The number of nitrogens with two attached hydrogens (primary N) is 1. The van der Waals surface area contributed by atoms with Crippen LogP contribution in [0.2, 0.25) is 0 Å². The maximum Gasteiger partial charge on any atom is 0.222 e. The SMILES string of the molecule is CCC(=O)N1CCC(C(N)=O)C1. The maximum atomic E-state index is 11.2. The molecule has 4 heteroatoms. The van der Waals surface area contributed by atoms with Gasteiger partial charge >= 0.3 is 0 Å². The quantitative estimate of drug-likeness (QED) is 0.620. The molecular formula is C8H14N2O2. The molecule has 1 saturated heterocycles. The van der Waals surface area contributed by atoms with Gasteiger partial charge in [-0.15, -0.1) is 0 Å². The van der Waals surface area contributed by atoms with Gasteiger partial charge in [0.05, 0.1) is 5.92 Å². The number of likely N-dealkylation sites (tertiary alicyclic amines) is 1. The van der Waals surface area contributed by atoms with Crippen molar-refractivity contribution in [3.8, 4) is 0 Å². The van der Waals surface area contributed by atoms with Gasteiger partial charge in [0.15, 0.2) is 0 Å². The lowest BCUT2D eigenvalue weighted by molar-refractivity contribution is -0.130. The van der Waals surface area contributed by atoms with Crippen LogP contribution in [0.5, 0.6) is 0 Å². The normalized spacial score (nSPS) is 22.8. The molecule has 1 heterocycles. The molecule has 1 atom stereocenters. The van der Waals surface area contributed by atoms with Crippen molar-refractivity contribution in [2.45, 2.75) is 19.8 Å². The van der Waals surface area contributed by atoms with Gasteiger partial charge in [-0.25, -0.2) is 0 Å². The van der Waals surface area contributed by atoms with Crippen molar-refractivity contribution in [2.24, 2.45) is 11.7 Å². The van der Waals surface area contributed by atoms with Gasteiger partial charge in [-0.3, -0.25) is 9.59 Å². The fourth-order valence-electron chi connectivity index (χ4n) is 1.44. The minimum Gasteiger partial charge on any atom is -0.369 e. The van der Waals surface area contributed by atoms with E-state index in [1.165, 1.54) is 0 Å². The van der Waals surface area contributed by atoms with Crippen LogP contribution in [0.25, 0.3) is 0 Å². The highest BCUT2D eigenvalue weighted by Crippen LogP contribution is 2.15. The fraction of sp³-hybridized carbons (Fsp3) is 0.750. The minimum atomic E-state index is -0.290. The Kier molecular flexibility index (Phi) is 2.68. The third-order valence-corrected chi connectivity index (χ3v) is 2.25. The van der Waals surface area contributed by atoms with E-state index in [1.54, 1.807) is 4.90 Å². The number of carbonyl (C=O) groups is 2. The molecule has 4 nitrogen and oxygen atoms in total. The zero-order valence-corrected chi connectivity index (χ0v) is 7.25. The second-order valence-electron chi connectivity index (χ2n) is 3.08. The van der Waals surface area contributed by atoms with E-state index in [0.717, 1.165) is 6.42 Å². The lowest BCUT2D eigenvalue weighted by Crippen LogP contribution is -2.31. The monoisotopic (exact) mass is 170 g/mol. The molecule has 68 valence electrons. The maximum absolute atomic E-state index is 11.2. The van der Waals surface area contributed by atoms with Crippen LogP contribution in [0, 0.1) is 5.92 Å². The summed E-state index contributed by atoms with van der Waals surface area (Å²) >= 11 is 0. The van der Waals surface area contributed by atoms with Crippen molar-refractivity contribution in [3.05, 3.63) is 0 Å². The summed E-state index contributed by atoms with van der Waals surface area (Å²) in [5, 5.41) is 0. The first-order chi connectivity index (χ1) is 5.65. The van der Waals surface area contributed by atoms with Crippen LogP contribution >= 0.6 is 0 Å². The number of nitrogens with zero attached hydrogens (tertiary/aromatic N) is 1. The zero-order chi connectivity index (χ0) is 9.14. The molecule has 0 aromatic heterocycles. The predicted molar refractivity (Wildman–Crippen MR) is 44.2 cm³/mol. The first-order valence-electron chi connectivity index (χ1n) is 4.22. The second-order valence-corrected chi connectivity index (χ2v) is 3.08. The highest BCUT2D eigenvalue weighted by molar-refractivity contribution is 5.80. The molecule has 1 aliphatic rings. The number of primary amides is 1. The van der Waals surface area contributed by atoms with Crippen molar-refractivity contribution in [2.75, 3.05) is 13.1 Å². The third kappa shape index (κ3) is 1.75. The van der Waals surface area contributed by atoms with Gasteiger partial charge in [-0.05, 0) is 6.42 Å². The second kappa shape index (κ2) is 3.56. The predicted octanol–water partition coefficient (Wildman–Crippen LogP) is -0.270. The molecule has 1 fully saturated rings. The topological polar surface area (TPSA) is 63.4 Å². The van der Waals surface area contributed by atoms with E-state index in [-0.39, 0.29) is 17.7 Å². The number of amides is 2. The van der Waals surface area contributed by atoms with E-state index in [0.29, 0.717) is 19.5 Å². The van der Waals surface area contributed by atoms with Crippen molar-refractivity contribution in [1.29, 1.82) is 0 Å². The third-order valence-electron chi connectivity index (χ3n) is 2.25. The summed E-state index contributed by atoms with van der Waals surface area (Å²) in [6, 6.07) is 0. The summed E-state index contributed by atoms with van der Waals surface area (Å²) in [6.45, 7) is 3.02. The molecule has 1 unspecified atom stereocenters. The van der Waals surface area contributed by atoms with Crippen LogP contribution in [0.4, 0.5) is 0 Å². The first kappa shape index (κ1) is 9.03. The average Bonchev–Trinajstić information content (AvgIpc) is 2.51. The average molecular weight is 170 g/mol. The van der Waals surface area contributed by atoms with Gasteiger partial charge in [0, 0.05) is 19.5 Å². The highest BCUT2D eigenvalue weighted by atomic mass is 16.2. The largest absolute Gasteiger partial charge is 0.369 e. The molecule has 1 aliphatic heterocycles. The van der Waals surface area contributed by atoms with Crippen LogP contribution < -0.4 is 5.73 Å². The molecular weight excluding hydrogens is 156 g/mol. The van der Waals surface area contributed by atoms with Gasteiger partial charge in [-0.1, -0.05) is 6.92 Å². The smallest absolute Gasteiger partial charge is 0.222 e. The summed E-state index contributed by atoms with van der Waals surface area (Å²) in [6.07, 6.45) is 1.23. The Balaban J connectivity index is 2.45. The van der Waals surface area contributed by atoms with Crippen LogP contribution in [-0.4, -0.2) is 29.8 Å². The summed E-state index contributed by atoms with van der Waals surface area (Å²) in [4.78, 5) is 23.6. The molecule has 2 N–H and O–H groups in total. The van der Waals surface area contributed by atoms with Crippen LogP contribution in [0.1, 0.15) is 19.8 Å². The van der Waals surface area contributed by atoms with Gasteiger partial charge in [0.2, 0.25) is 11.8 Å². The Bertz CT molecular complexity index is 203. The molecule has 0 aliphatic carbocycles. The number of carbonyl (C=O) groups excluding carboxylic acids is 2. The summed E-state index contributed by atoms with van der Waals surface area (Å²) < 4.78 is 0. The lowest BCUT2D eigenvalue weighted by Gasteiger charge is -2.13. The van der Waals surface area contributed by atoms with E-state index in [1.807, 2.05) is 6.92 Å². The molecule has 0 radical (unpaired) electrons. The summed E-state index contributed by atoms with van der Waals surface area (Å²) in [5.74, 6) is -0.305. The lowest BCUT2D eigenvalue weighted by atomic mass is 10.1. The van der Waals surface area contributed by atoms with Crippen molar-refractivity contribution >= 4 is 11.8 Å². The van der Waals surface area contributed by atoms with Crippen LogP contribution in [-0.2, 0) is 9.59 Å². The Morgan fingerprint density at radius 1 is 1.58 bits per heavy atom. The highest BCUT2D eigenvalue weighted by Gasteiger charge is 2.28. The molecule has 12 heavy (non-hydrogen) atoms. The summed E-state index contributed by atoms with van der Waals surface area (Å²) in [7, 11) is 0. The Labute approximate surface area is 71.7 Å². The van der Waals surface area contributed by atoms with E-state index in [9.17, 15) is 9.59 Å². The van der Waals surface area contributed by atoms with Crippen LogP contribution in [0.15, 0.2) is 0 Å². The Morgan fingerprint density at radius 2 is 2.25 bits per heavy atom. The van der Waals surface area contributed by atoms with E-state index < -0.39 is 0 Å². The molecule has 0 aromatic rings. The van der Waals surface area contributed by atoms with Gasteiger partial charge < -0.3 is 10.6 Å². The Hall–Kier alpha value is -1.06. The molecule has 0 spiro atoms. The number of hydrogen-bond acceptors (Lipinski definition) is 2. The first-order valence-corrected chi connectivity index (χ1v) is 4.22. The van der Waals surface area contributed by atoms with E-state index >= 15 is 0 Å². The molecule has 2 amide bonds. The summed E-state index contributed by atoms with van der Waals surface area (Å²) in [5.41, 5.74) is 5.12.